The molecule has 1 fully saturated rings. The second-order valence-corrected chi connectivity index (χ2v) is 4.80. The Bertz CT molecular complexity index is 442. The largest absolute Gasteiger partial charge is 0.380 e. The highest BCUT2D eigenvalue weighted by Crippen LogP contribution is 2.30. The summed E-state index contributed by atoms with van der Waals surface area (Å²) < 4.78 is 12.9. The highest BCUT2D eigenvalue weighted by Gasteiger charge is 2.25. The van der Waals surface area contributed by atoms with Crippen molar-refractivity contribution in [3.63, 3.8) is 0 Å². The molecule has 1 aliphatic carbocycles. The van der Waals surface area contributed by atoms with Crippen LogP contribution in [0, 0.1) is 23.1 Å². The van der Waals surface area contributed by atoms with E-state index in [0.29, 0.717) is 10.7 Å². The molecule has 0 amide bonds. The molecule has 2 unspecified atom stereocenters. The Morgan fingerprint density at radius 1 is 1.35 bits per heavy atom. The average Bonchev–Trinajstić information content (AvgIpc) is 2.33. The first kappa shape index (κ1) is 12.2. The van der Waals surface area contributed by atoms with E-state index in [-0.39, 0.29) is 17.8 Å². The number of nitrogens with one attached hydrogen (secondary N) is 1. The Kier molecular flexibility index (Phi) is 3.86. The second-order valence-electron chi connectivity index (χ2n) is 4.40. The van der Waals surface area contributed by atoms with Crippen molar-refractivity contribution in [3.05, 3.63) is 29.0 Å². The van der Waals surface area contributed by atoms with Gasteiger partial charge in [0.1, 0.15) is 5.82 Å². The van der Waals surface area contributed by atoms with Gasteiger partial charge in [-0.15, -0.1) is 0 Å². The minimum Gasteiger partial charge on any atom is -0.380 e. The number of hydrogen-bond donors (Lipinski definition) is 1. The molecule has 1 saturated carbocycles. The topological polar surface area (TPSA) is 35.8 Å². The standard InChI is InChI=1S/C13H14ClFN2/c14-11-7-10(15)5-6-13(11)17-12-4-2-1-3-9(12)8-16/h5-7,9,12,17H,1-4H2. The maximum Gasteiger partial charge on any atom is 0.124 e. The molecule has 2 atom stereocenters. The molecule has 0 aromatic heterocycles. The lowest BCUT2D eigenvalue weighted by atomic mass is 9.85. The fraction of sp³-hybridized carbons (Fsp3) is 0.462. The zero-order valence-corrected chi connectivity index (χ0v) is 10.2. The van der Waals surface area contributed by atoms with E-state index >= 15 is 0 Å². The van der Waals surface area contributed by atoms with Crippen LogP contribution in [0.2, 0.25) is 5.02 Å². The average molecular weight is 253 g/mol. The van der Waals surface area contributed by atoms with E-state index in [4.69, 9.17) is 16.9 Å². The van der Waals surface area contributed by atoms with Gasteiger partial charge in [-0.3, -0.25) is 0 Å². The summed E-state index contributed by atoms with van der Waals surface area (Å²) in [4.78, 5) is 0. The number of nitrogens with zero attached hydrogens (tertiary/aromatic N) is 1. The summed E-state index contributed by atoms with van der Waals surface area (Å²) in [5.74, 6) is -0.328. The number of nitriles is 1. The lowest BCUT2D eigenvalue weighted by molar-refractivity contribution is 0.389. The minimum atomic E-state index is -0.346. The van der Waals surface area contributed by atoms with Gasteiger partial charge in [-0.2, -0.15) is 5.26 Å². The Balaban J connectivity index is 2.11. The van der Waals surface area contributed by atoms with Crippen molar-refractivity contribution in [1.29, 1.82) is 5.26 Å². The van der Waals surface area contributed by atoms with E-state index in [1.165, 1.54) is 12.1 Å². The van der Waals surface area contributed by atoms with Crippen LogP contribution >= 0.6 is 11.6 Å². The van der Waals surface area contributed by atoms with Crippen molar-refractivity contribution >= 4 is 17.3 Å². The van der Waals surface area contributed by atoms with E-state index in [1.54, 1.807) is 6.07 Å². The van der Waals surface area contributed by atoms with E-state index in [0.717, 1.165) is 25.7 Å². The molecule has 0 radical (unpaired) electrons. The third-order valence-electron chi connectivity index (χ3n) is 3.20. The van der Waals surface area contributed by atoms with Gasteiger partial charge in [-0.05, 0) is 31.0 Å². The predicted molar refractivity (Wildman–Crippen MR) is 66.4 cm³/mol. The molecular formula is C13H14ClFN2. The molecular weight excluding hydrogens is 239 g/mol. The number of rotatable bonds is 2. The fourth-order valence-electron chi connectivity index (χ4n) is 2.26. The van der Waals surface area contributed by atoms with Crippen LogP contribution in [0.1, 0.15) is 25.7 Å². The van der Waals surface area contributed by atoms with Crippen LogP contribution in [0.3, 0.4) is 0 Å². The van der Waals surface area contributed by atoms with Crippen molar-refractivity contribution in [3.8, 4) is 6.07 Å². The van der Waals surface area contributed by atoms with Gasteiger partial charge >= 0.3 is 0 Å². The number of hydrogen-bond acceptors (Lipinski definition) is 2. The van der Waals surface area contributed by atoms with Gasteiger partial charge in [0.05, 0.1) is 22.7 Å². The zero-order valence-electron chi connectivity index (χ0n) is 9.42. The van der Waals surface area contributed by atoms with Crippen LogP contribution in [0.4, 0.5) is 10.1 Å². The lowest BCUT2D eigenvalue weighted by Gasteiger charge is -2.28. The van der Waals surface area contributed by atoms with Crippen LogP contribution in [0.25, 0.3) is 0 Å². The molecule has 1 aromatic carbocycles. The fourth-order valence-corrected chi connectivity index (χ4v) is 2.49. The summed E-state index contributed by atoms with van der Waals surface area (Å²) in [5, 5.41) is 12.7. The van der Waals surface area contributed by atoms with Crippen LogP contribution in [0.5, 0.6) is 0 Å². The summed E-state index contributed by atoms with van der Waals surface area (Å²) >= 11 is 5.95. The normalized spacial score (nSPS) is 24.1. The number of anilines is 1. The minimum absolute atomic E-state index is 0.0184. The van der Waals surface area contributed by atoms with Gasteiger partial charge < -0.3 is 5.32 Å². The van der Waals surface area contributed by atoms with Crippen LogP contribution < -0.4 is 5.32 Å². The smallest absolute Gasteiger partial charge is 0.124 e. The van der Waals surface area contributed by atoms with Gasteiger partial charge in [-0.25, -0.2) is 4.39 Å². The van der Waals surface area contributed by atoms with Gasteiger partial charge in [0.25, 0.3) is 0 Å². The van der Waals surface area contributed by atoms with E-state index in [1.807, 2.05) is 0 Å². The van der Waals surface area contributed by atoms with Gasteiger partial charge in [0, 0.05) is 6.04 Å². The molecule has 2 nitrogen and oxygen atoms in total. The second kappa shape index (κ2) is 5.37. The highest BCUT2D eigenvalue weighted by atomic mass is 35.5. The monoisotopic (exact) mass is 252 g/mol. The maximum atomic E-state index is 12.9. The Morgan fingerprint density at radius 2 is 2.12 bits per heavy atom. The van der Waals surface area contributed by atoms with Crippen LogP contribution in [-0.2, 0) is 0 Å². The summed E-state index contributed by atoms with van der Waals surface area (Å²) in [6, 6.07) is 6.73. The first-order valence-corrected chi connectivity index (χ1v) is 6.19. The Hall–Kier alpha value is -1.27. The van der Waals surface area contributed by atoms with Crippen LogP contribution in [-0.4, -0.2) is 6.04 Å². The van der Waals surface area contributed by atoms with E-state index in [9.17, 15) is 4.39 Å². The van der Waals surface area contributed by atoms with Crippen molar-refractivity contribution < 1.29 is 4.39 Å². The molecule has 0 saturated heterocycles. The van der Waals surface area contributed by atoms with Crippen molar-refractivity contribution in [2.24, 2.45) is 5.92 Å². The first-order valence-electron chi connectivity index (χ1n) is 5.82. The molecule has 1 aromatic rings. The lowest BCUT2D eigenvalue weighted by Crippen LogP contribution is -2.31. The first-order chi connectivity index (χ1) is 8.20. The molecule has 1 aliphatic rings. The molecule has 90 valence electrons. The molecule has 2 rings (SSSR count). The van der Waals surface area contributed by atoms with E-state index < -0.39 is 0 Å². The van der Waals surface area contributed by atoms with Gasteiger partial charge in [0.2, 0.25) is 0 Å². The quantitative estimate of drug-likeness (QED) is 0.864. The molecule has 0 bridgehead atoms. The number of halogens is 2. The molecule has 0 heterocycles. The highest BCUT2D eigenvalue weighted by molar-refractivity contribution is 6.33. The number of benzene rings is 1. The van der Waals surface area contributed by atoms with E-state index in [2.05, 4.69) is 11.4 Å². The predicted octanol–water partition coefficient (Wildman–Crippen LogP) is 3.97. The summed E-state index contributed by atoms with van der Waals surface area (Å²) in [6.45, 7) is 0. The summed E-state index contributed by atoms with van der Waals surface area (Å²) in [7, 11) is 0. The molecule has 0 spiro atoms. The molecule has 17 heavy (non-hydrogen) atoms. The van der Waals surface area contributed by atoms with Crippen molar-refractivity contribution in [2.45, 2.75) is 31.7 Å². The summed E-state index contributed by atoms with van der Waals surface area (Å²) in [5.41, 5.74) is 0.709. The van der Waals surface area contributed by atoms with Crippen molar-refractivity contribution in [2.75, 3.05) is 5.32 Å². The van der Waals surface area contributed by atoms with Crippen molar-refractivity contribution in [1.82, 2.24) is 0 Å². The SMILES string of the molecule is N#CC1CCCCC1Nc1ccc(F)cc1Cl. The third-order valence-corrected chi connectivity index (χ3v) is 3.52. The Labute approximate surface area is 105 Å². The zero-order chi connectivity index (χ0) is 12.3. The van der Waals surface area contributed by atoms with Gasteiger partial charge in [0.15, 0.2) is 0 Å². The maximum absolute atomic E-state index is 12.9. The molecule has 4 heteroatoms. The van der Waals surface area contributed by atoms with Gasteiger partial charge in [-0.1, -0.05) is 24.4 Å². The third kappa shape index (κ3) is 2.89. The molecule has 1 N–H and O–H groups in total. The Morgan fingerprint density at radius 3 is 2.82 bits per heavy atom. The summed E-state index contributed by atoms with van der Waals surface area (Å²) in [6.07, 6.45) is 4.11. The molecule has 0 aliphatic heterocycles. The van der Waals surface area contributed by atoms with Crippen LogP contribution in [0.15, 0.2) is 18.2 Å².